The second kappa shape index (κ2) is 5.35. The van der Waals surface area contributed by atoms with E-state index in [2.05, 4.69) is 5.32 Å². The SMILES string of the molecule is Cc1ccc(C(=O)Nc2cccc(S(N)(=O)=O)c2C)s1. The molecule has 106 valence electrons. The van der Waals surface area contributed by atoms with Crippen LogP contribution >= 0.6 is 11.3 Å². The molecule has 0 bridgehead atoms. The molecule has 1 amide bonds. The third-order valence-corrected chi connectivity index (χ3v) is 4.86. The van der Waals surface area contributed by atoms with E-state index < -0.39 is 10.0 Å². The van der Waals surface area contributed by atoms with Gasteiger partial charge in [0.1, 0.15) is 0 Å². The summed E-state index contributed by atoms with van der Waals surface area (Å²) >= 11 is 1.38. The summed E-state index contributed by atoms with van der Waals surface area (Å²) in [6.07, 6.45) is 0. The number of hydrogen-bond donors (Lipinski definition) is 2. The Morgan fingerprint density at radius 3 is 2.45 bits per heavy atom. The fourth-order valence-corrected chi connectivity index (χ4v) is 3.37. The Labute approximate surface area is 121 Å². The molecule has 2 rings (SSSR count). The first-order valence-electron chi connectivity index (χ1n) is 5.79. The first-order valence-corrected chi connectivity index (χ1v) is 8.15. The maximum absolute atomic E-state index is 12.1. The second-order valence-electron chi connectivity index (χ2n) is 4.34. The molecule has 7 heteroatoms. The van der Waals surface area contributed by atoms with Gasteiger partial charge in [0.2, 0.25) is 10.0 Å². The standard InChI is InChI=1S/C13H14N2O3S2/c1-8-6-7-11(19-8)13(16)15-10-4-3-5-12(9(10)2)20(14,17)18/h3-7H,1-2H3,(H,15,16)(H2,14,17,18). The minimum absolute atomic E-state index is 0.0117. The zero-order valence-corrected chi connectivity index (χ0v) is 12.6. The Morgan fingerprint density at radius 2 is 1.90 bits per heavy atom. The van der Waals surface area contributed by atoms with E-state index in [0.717, 1.165) is 4.88 Å². The van der Waals surface area contributed by atoms with E-state index in [0.29, 0.717) is 16.1 Å². The number of aryl methyl sites for hydroxylation is 1. The molecule has 0 saturated heterocycles. The fourth-order valence-electron chi connectivity index (χ4n) is 1.80. The molecule has 1 aromatic heterocycles. The summed E-state index contributed by atoms with van der Waals surface area (Å²) < 4.78 is 22.9. The molecule has 0 aliphatic carbocycles. The molecule has 0 aliphatic rings. The molecule has 0 radical (unpaired) electrons. The Morgan fingerprint density at radius 1 is 1.20 bits per heavy atom. The molecule has 0 saturated carbocycles. The number of hydrogen-bond acceptors (Lipinski definition) is 4. The number of anilines is 1. The molecule has 0 fully saturated rings. The van der Waals surface area contributed by atoms with Crippen LogP contribution in [0.15, 0.2) is 35.2 Å². The average molecular weight is 310 g/mol. The highest BCUT2D eigenvalue weighted by molar-refractivity contribution is 7.89. The number of rotatable bonds is 3. The van der Waals surface area contributed by atoms with Crippen molar-refractivity contribution >= 4 is 33.0 Å². The van der Waals surface area contributed by atoms with Crippen LogP contribution < -0.4 is 10.5 Å². The summed E-state index contributed by atoms with van der Waals surface area (Å²) in [5, 5.41) is 7.84. The molecular formula is C13H14N2O3S2. The van der Waals surface area contributed by atoms with Crippen molar-refractivity contribution < 1.29 is 13.2 Å². The van der Waals surface area contributed by atoms with Crippen LogP contribution in [0.25, 0.3) is 0 Å². The van der Waals surface area contributed by atoms with E-state index in [1.54, 1.807) is 25.1 Å². The van der Waals surface area contributed by atoms with Crippen LogP contribution in [0.1, 0.15) is 20.1 Å². The van der Waals surface area contributed by atoms with Gasteiger partial charge in [-0.25, -0.2) is 13.6 Å². The number of nitrogens with two attached hydrogens (primary N) is 1. The van der Waals surface area contributed by atoms with Crippen molar-refractivity contribution in [2.24, 2.45) is 5.14 Å². The molecule has 3 N–H and O–H groups in total. The van der Waals surface area contributed by atoms with E-state index in [4.69, 9.17) is 5.14 Å². The summed E-state index contributed by atoms with van der Waals surface area (Å²) in [5.74, 6) is -0.266. The van der Waals surface area contributed by atoms with Crippen LogP contribution in [0.4, 0.5) is 5.69 Å². The van der Waals surface area contributed by atoms with Crippen molar-refractivity contribution in [3.05, 3.63) is 45.6 Å². The first kappa shape index (κ1) is 14.7. The van der Waals surface area contributed by atoms with Gasteiger partial charge < -0.3 is 5.32 Å². The first-order chi connectivity index (χ1) is 9.29. The van der Waals surface area contributed by atoms with E-state index in [1.807, 2.05) is 13.0 Å². The maximum atomic E-state index is 12.1. The van der Waals surface area contributed by atoms with Crippen molar-refractivity contribution in [3.8, 4) is 0 Å². The molecule has 1 heterocycles. The van der Waals surface area contributed by atoms with Gasteiger partial charge in [0.25, 0.3) is 5.91 Å². The Bertz CT molecular complexity index is 764. The lowest BCUT2D eigenvalue weighted by Gasteiger charge is -2.10. The minimum Gasteiger partial charge on any atom is -0.321 e. The molecule has 0 spiro atoms. The van der Waals surface area contributed by atoms with Crippen LogP contribution in [0.2, 0.25) is 0 Å². The second-order valence-corrected chi connectivity index (χ2v) is 7.16. The molecule has 20 heavy (non-hydrogen) atoms. The zero-order valence-electron chi connectivity index (χ0n) is 11.0. The lowest BCUT2D eigenvalue weighted by molar-refractivity contribution is 0.103. The molecule has 0 atom stereocenters. The van der Waals surface area contributed by atoms with Gasteiger partial charge in [-0.3, -0.25) is 4.79 Å². The number of benzene rings is 1. The van der Waals surface area contributed by atoms with Crippen LogP contribution in [-0.2, 0) is 10.0 Å². The summed E-state index contributed by atoms with van der Waals surface area (Å²) in [6.45, 7) is 3.52. The van der Waals surface area contributed by atoms with Crippen molar-refractivity contribution in [3.63, 3.8) is 0 Å². The summed E-state index contributed by atoms with van der Waals surface area (Å²) in [5.41, 5.74) is 0.865. The van der Waals surface area contributed by atoms with E-state index in [1.165, 1.54) is 17.4 Å². The molecular weight excluding hydrogens is 296 g/mol. The topological polar surface area (TPSA) is 89.3 Å². The summed E-state index contributed by atoms with van der Waals surface area (Å²) in [6, 6.07) is 8.18. The monoisotopic (exact) mass is 310 g/mol. The number of carbonyl (C=O) groups is 1. The number of primary sulfonamides is 1. The van der Waals surface area contributed by atoms with E-state index in [-0.39, 0.29) is 10.8 Å². The number of nitrogens with one attached hydrogen (secondary N) is 1. The molecule has 1 aromatic carbocycles. The summed E-state index contributed by atoms with van der Waals surface area (Å²) in [4.78, 5) is 13.7. The lowest BCUT2D eigenvalue weighted by Crippen LogP contribution is -2.16. The zero-order chi connectivity index (χ0) is 14.9. The van der Waals surface area contributed by atoms with Gasteiger partial charge in [0, 0.05) is 10.6 Å². The highest BCUT2D eigenvalue weighted by atomic mass is 32.2. The molecule has 5 nitrogen and oxygen atoms in total. The van der Waals surface area contributed by atoms with Gasteiger partial charge in [0.15, 0.2) is 0 Å². The number of thiophene rings is 1. The largest absolute Gasteiger partial charge is 0.321 e. The van der Waals surface area contributed by atoms with Gasteiger partial charge in [-0.2, -0.15) is 0 Å². The van der Waals surface area contributed by atoms with Crippen molar-refractivity contribution in [2.45, 2.75) is 18.7 Å². The Balaban J connectivity index is 2.33. The number of amides is 1. The lowest BCUT2D eigenvalue weighted by atomic mass is 10.2. The van der Waals surface area contributed by atoms with E-state index >= 15 is 0 Å². The van der Waals surface area contributed by atoms with Crippen molar-refractivity contribution in [2.75, 3.05) is 5.32 Å². The third kappa shape index (κ3) is 3.06. The van der Waals surface area contributed by atoms with Crippen LogP contribution in [0.3, 0.4) is 0 Å². The molecule has 0 aliphatic heterocycles. The van der Waals surface area contributed by atoms with Crippen LogP contribution in [-0.4, -0.2) is 14.3 Å². The van der Waals surface area contributed by atoms with Gasteiger partial charge in [0.05, 0.1) is 9.77 Å². The van der Waals surface area contributed by atoms with Gasteiger partial charge in [-0.05, 0) is 43.7 Å². The van der Waals surface area contributed by atoms with Crippen molar-refractivity contribution in [1.29, 1.82) is 0 Å². The van der Waals surface area contributed by atoms with Crippen LogP contribution in [0, 0.1) is 13.8 Å². The predicted molar refractivity (Wildman–Crippen MR) is 79.6 cm³/mol. The van der Waals surface area contributed by atoms with Gasteiger partial charge >= 0.3 is 0 Å². The molecule has 2 aromatic rings. The predicted octanol–water partition coefficient (Wildman–Crippen LogP) is 2.26. The fraction of sp³-hybridized carbons (Fsp3) is 0.154. The van der Waals surface area contributed by atoms with Gasteiger partial charge in [-0.15, -0.1) is 11.3 Å². The smallest absolute Gasteiger partial charge is 0.265 e. The Kier molecular flexibility index (Phi) is 3.94. The summed E-state index contributed by atoms with van der Waals surface area (Å²) in [7, 11) is -3.80. The normalized spacial score (nSPS) is 11.3. The van der Waals surface area contributed by atoms with E-state index in [9.17, 15) is 13.2 Å². The maximum Gasteiger partial charge on any atom is 0.265 e. The minimum atomic E-state index is -3.80. The molecule has 0 unspecified atom stereocenters. The number of sulfonamides is 1. The highest BCUT2D eigenvalue weighted by Crippen LogP contribution is 2.23. The highest BCUT2D eigenvalue weighted by Gasteiger charge is 2.16. The van der Waals surface area contributed by atoms with Gasteiger partial charge in [-0.1, -0.05) is 6.07 Å². The third-order valence-electron chi connectivity index (χ3n) is 2.80. The Hall–Kier alpha value is -1.70. The van der Waals surface area contributed by atoms with Crippen LogP contribution in [0.5, 0.6) is 0 Å². The quantitative estimate of drug-likeness (QED) is 0.911. The van der Waals surface area contributed by atoms with Crippen molar-refractivity contribution in [1.82, 2.24) is 0 Å². The average Bonchev–Trinajstić information content (AvgIpc) is 2.77. The number of carbonyl (C=O) groups excluding carboxylic acids is 1.